The van der Waals surface area contributed by atoms with Crippen LogP contribution in [0.4, 0.5) is 10.5 Å². The number of hydrogen-bond acceptors (Lipinski definition) is 4. The van der Waals surface area contributed by atoms with E-state index in [1.807, 2.05) is 36.4 Å². The molecule has 1 saturated heterocycles. The van der Waals surface area contributed by atoms with Crippen molar-refractivity contribution in [3.05, 3.63) is 59.9 Å². The largest absolute Gasteiger partial charge is 0.352 e. The van der Waals surface area contributed by atoms with Crippen molar-refractivity contribution in [1.29, 1.82) is 0 Å². The summed E-state index contributed by atoms with van der Waals surface area (Å²) in [4.78, 5) is 28.0. The summed E-state index contributed by atoms with van der Waals surface area (Å²) >= 11 is 0. The third-order valence-electron chi connectivity index (χ3n) is 4.47. The highest BCUT2D eigenvalue weighted by Crippen LogP contribution is 2.12. The van der Waals surface area contributed by atoms with E-state index in [0.717, 1.165) is 30.5 Å². The van der Waals surface area contributed by atoms with Crippen LogP contribution in [0, 0.1) is 0 Å². The third-order valence-corrected chi connectivity index (χ3v) is 4.47. The van der Waals surface area contributed by atoms with Gasteiger partial charge in [0.05, 0.1) is 0 Å². The number of amides is 3. The van der Waals surface area contributed by atoms with E-state index in [1.165, 1.54) is 0 Å². The lowest BCUT2D eigenvalue weighted by Crippen LogP contribution is -2.31. The number of pyridine rings is 1. The fourth-order valence-corrected chi connectivity index (χ4v) is 3.04. The van der Waals surface area contributed by atoms with Gasteiger partial charge in [0.15, 0.2) is 0 Å². The van der Waals surface area contributed by atoms with Crippen LogP contribution in [0.3, 0.4) is 0 Å². The number of urea groups is 1. The fraction of sp³-hybridized carbons (Fsp3) is 0.350. The van der Waals surface area contributed by atoms with Crippen LogP contribution < -0.4 is 21.3 Å². The number of anilines is 1. The van der Waals surface area contributed by atoms with Crippen LogP contribution in [0.15, 0.2) is 48.8 Å². The number of nitrogens with one attached hydrogen (secondary N) is 4. The lowest BCUT2D eigenvalue weighted by atomic mass is 10.1. The van der Waals surface area contributed by atoms with Gasteiger partial charge in [-0.15, -0.1) is 0 Å². The second-order valence-corrected chi connectivity index (χ2v) is 6.64. The van der Waals surface area contributed by atoms with Gasteiger partial charge < -0.3 is 21.3 Å². The molecular weight excluding hydrogens is 342 g/mol. The highest BCUT2D eigenvalue weighted by molar-refractivity contribution is 5.89. The topological polar surface area (TPSA) is 95.2 Å². The molecule has 1 atom stereocenters. The molecule has 1 aliphatic rings. The Morgan fingerprint density at radius 3 is 2.67 bits per heavy atom. The maximum Gasteiger partial charge on any atom is 0.319 e. The van der Waals surface area contributed by atoms with Gasteiger partial charge in [-0.05, 0) is 54.8 Å². The van der Waals surface area contributed by atoms with Gasteiger partial charge in [-0.25, -0.2) is 4.79 Å². The predicted octanol–water partition coefficient (Wildman–Crippen LogP) is 2.16. The number of nitrogens with zero attached hydrogens (tertiary/aromatic N) is 1. The summed E-state index contributed by atoms with van der Waals surface area (Å²) in [6.07, 6.45) is 6.08. The molecule has 2 aromatic rings. The van der Waals surface area contributed by atoms with E-state index in [-0.39, 0.29) is 11.9 Å². The minimum Gasteiger partial charge on any atom is -0.352 e. The molecule has 4 N–H and O–H groups in total. The standard InChI is InChI=1S/C20H25N5O2/c26-19(12-17-5-2-8-22-17)23-14-16-3-1-4-18(11-16)25-20(27)24-13-15-6-9-21-10-7-15/h1,3-4,6-7,9-11,17,22H,2,5,8,12-14H2,(H,23,26)(H2,24,25,27). The molecule has 0 saturated carbocycles. The Balaban J connectivity index is 1.43. The Kier molecular flexibility index (Phi) is 6.76. The van der Waals surface area contributed by atoms with Gasteiger partial charge in [-0.3, -0.25) is 9.78 Å². The fourth-order valence-electron chi connectivity index (χ4n) is 3.04. The molecule has 3 amide bonds. The molecule has 7 nitrogen and oxygen atoms in total. The van der Waals surface area contributed by atoms with Gasteiger partial charge in [0.2, 0.25) is 5.91 Å². The molecule has 1 unspecified atom stereocenters. The zero-order chi connectivity index (χ0) is 18.9. The number of carbonyl (C=O) groups excluding carboxylic acids is 2. The Bertz CT molecular complexity index is 760. The second kappa shape index (κ2) is 9.68. The molecule has 0 radical (unpaired) electrons. The van der Waals surface area contributed by atoms with Crippen molar-refractivity contribution in [2.75, 3.05) is 11.9 Å². The normalized spacial score (nSPS) is 15.9. The molecule has 0 spiro atoms. The minimum atomic E-state index is -0.277. The molecule has 0 bridgehead atoms. The summed E-state index contributed by atoms with van der Waals surface area (Å²) in [6, 6.07) is 11.2. The monoisotopic (exact) mass is 367 g/mol. The van der Waals surface area contributed by atoms with Crippen molar-refractivity contribution in [3.8, 4) is 0 Å². The Morgan fingerprint density at radius 2 is 1.89 bits per heavy atom. The second-order valence-electron chi connectivity index (χ2n) is 6.64. The first-order chi connectivity index (χ1) is 13.2. The molecule has 7 heteroatoms. The summed E-state index contributed by atoms with van der Waals surface area (Å²) < 4.78 is 0. The summed E-state index contributed by atoms with van der Waals surface area (Å²) in [7, 11) is 0. The summed E-state index contributed by atoms with van der Waals surface area (Å²) in [5.41, 5.74) is 2.61. The Labute approximate surface area is 159 Å². The van der Waals surface area contributed by atoms with Crippen molar-refractivity contribution in [2.24, 2.45) is 0 Å². The van der Waals surface area contributed by atoms with E-state index in [9.17, 15) is 9.59 Å². The highest BCUT2D eigenvalue weighted by Gasteiger charge is 2.17. The molecule has 0 aliphatic carbocycles. The molecule has 1 aromatic carbocycles. The number of hydrogen-bond donors (Lipinski definition) is 4. The molecule has 1 aromatic heterocycles. The quantitative estimate of drug-likeness (QED) is 0.603. The van der Waals surface area contributed by atoms with Gasteiger partial charge in [0.1, 0.15) is 0 Å². The number of aromatic nitrogens is 1. The van der Waals surface area contributed by atoms with Crippen molar-refractivity contribution in [1.82, 2.24) is 20.9 Å². The minimum absolute atomic E-state index is 0.0443. The predicted molar refractivity (Wildman–Crippen MR) is 104 cm³/mol. The van der Waals surface area contributed by atoms with Crippen LogP contribution in [0.2, 0.25) is 0 Å². The van der Waals surface area contributed by atoms with Gasteiger partial charge in [-0.1, -0.05) is 12.1 Å². The van der Waals surface area contributed by atoms with Gasteiger partial charge in [0, 0.05) is 43.6 Å². The Hall–Kier alpha value is -2.93. The molecule has 2 heterocycles. The van der Waals surface area contributed by atoms with Gasteiger partial charge >= 0.3 is 6.03 Å². The Morgan fingerprint density at radius 1 is 1.07 bits per heavy atom. The van der Waals surface area contributed by atoms with Crippen LogP contribution in [-0.4, -0.2) is 29.5 Å². The lowest BCUT2D eigenvalue weighted by Gasteiger charge is -2.12. The third kappa shape index (κ3) is 6.38. The lowest BCUT2D eigenvalue weighted by molar-refractivity contribution is -0.121. The van der Waals surface area contributed by atoms with Gasteiger partial charge in [0.25, 0.3) is 0 Å². The maximum atomic E-state index is 12.0. The van der Waals surface area contributed by atoms with E-state index >= 15 is 0 Å². The SMILES string of the molecule is O=C(CC1CCCN1)NCc1cccc(NC(=O)NCc2ccncc2)c1. The van der Waals surface area contributed by atoms with E-state index in [1.54, 1.807) is 12.4 Å². The van der Waals surface area contributed by atoms with Gasteiger partial charge in [-0.2, -0.15) is 0 Å². The molecular formula is C20H25N5O2. The zero-order valence-electron chi connectivity index (χ0n) is 15.2. The van der Waals surface area contributed by atoms with Crippen LogP contribution in [-0.2, 0) is 17.9 Å². The number of benzene rings is 1. The maximum absolute atomic E-state index is 12.0. The first-order valence-electron chi connectivity index (χ1n) is 9.22. The molecule has 1 fully saturated rings. The summed E-state index contributed by atoms with van der Waals surface area (Å²) in [5, 5.41) is 11.9. The first kappa shape index (κ1) is 18.8. The average Bonchev–Trinajstić information content (AvgIpc) is 3.19. The number of rotatable bonds is 7. The van der Waals surface area contributed by atoms with E-state index in [4.69, 9.17) is 0 Å². The highest BCUT2D eigenvalue weighted by atomic mass is 16.2. The van der Waals surface area contributed by atoms with E-state index in [0.29, 0.717) is 31.2 Å². The van der Waals surface area contributed by atoms with Crippen molar-refractivity contribution in [3.63, 3.8) is 0 Å². The zero-order valence-corrected chi connectivity index (χ0v) is 15.2. The van der Waals surface area contributed by atoms with Crippen LogP contribution in [0.5, 0.6) is 0 Å². The van der Waals surface area contributed by atoms with Crippen LogP contribution in [0.25, 0.3) is 0 Å². The molecule has 27 heavy (non-hydrogen) atoms. The smallest absolute Gasteiger partial charge is 0.319 e. The molecule has 142 valence electrons. The van der Waals surface area contributed by atoms with Crippen molar-refractivity contribution < 1.29 is 9.59 Å². The van der Waals surface area contributed by atoms with E-state index < -0.39 is 0 Å². The van der Waals surface area contributed by atoms with Crippen LogP contribution >= 0.6 is 0 Å². The van der Waals surface area contributed by atoms with E-state index in [2.05, 4.69) is 26.3 Å². The summed E-state index contributed by atoms with van der Waals surface area (Å²) in [6.45, 7) is 1.87. The first-order valence-corrected chi connectivity index (χ1v) is 9.22. The average molecular weight is 367 g/mol. The number of carbonyl (C=O) groups is 2. The van der Waals surface area contributed by atoms with Crippen molar-refractivity contribution >= 4 is 17.6 Å². The van der Waals surface area contributed by atoms with Crippen LogP contribution in [0.1, 0.15) is 30.4 Å². The summed E-state index contributed by atoms with van der Waals surface area (Å²) in [5.74, 6) is 0.0443. The molecule has 3 rings (SSSR count). The van der Waals surface area contributed by atoms with Crippen molar-refractivity contribution in [2.45, 2.75) is 38.4 Å². The molecule has 1 aliphatic heterocycles.